The summed E-state index contributed by atoms with van der Waals surface area (Å²) in [5, 5.41) is 8.19. The number of aryl methyl sites for hydroxylation is 2. The summed E-state index contributed by atoms with van der Waals surface area (Å²) >= 11 is 6.22. The Morgan fingerprint density at radius 1 is 1.47 bits per heavy atom. The van der Waals surface area contributed by atoms with E-state index in [2.05, 4.69) is 17.3 Å². The van der Waals surface area contributed by atoms with E-state index < -0.39 is 0 Å². The van der Waals surface area contributed by atoms with Crippen LogP contribution in [0.25, 0.3) is 0 Å². The second kappa shape index (κ2) is 5.63. The molecule has 0 amide bonds. The van der Waals surface area contributed by atoms with Crippen molar-refractivity contribution in [1.82, 2.24) is 15.1 Å². The van der Waals surface area contributed by atoms with Crippen molar-refractivity contribution in [2.75, 3.05) is 13.1 Å². The molecule has 1 saturated heterocycles. The van der Waals surface area contributed by atoms with Crippen molar-refractivity contribution in [2.24, 2.45) is 12.5 Å². The number of carbonyl (C=O) groups is 1. The lowest BCUT2D eigenvalue weighted by molar-refractivity contribution is -0.129. The van der Waals surface area contributed by atoms with Gasteiger partial charge in [0, 0.05) is 24.4 Å². The summed E-state index contributed by atoms with van der Waals surface area (Å²) in [6.45, 7) is 5.88. The Morgan fingerprint density at radius 2 is 2.11 bits per heavy atom. The number of hydrogen-bond donors (Lipinski definition) is 1. The van der Waals surface area contributed by atoms with E-state index in [1.807, 2.05) is 14.0 Å². The third-order valence-electron chi connectivity index (χ3n) is 4.44. The summed E-state index contributed by atoms with van der Waals surface area (Å²) in [6.07, 6.45) is 3.18. The number of carbonyl (C=O) groups excluding carboxylic acids is 1. The Hall–Kier alpha value is -0.870. The highest BCUT2D eigenvalue weighted by Gasteiger charge is 2.37. The van der Waals surface area contributed by atoms with E-state index in [9.17, 15) is 4.79 Å². The molecule has 0 aromatic carbocycles. The number of halogens is 1. The van der Waals surface area contributed by atoms with Crippen LogP contribution in [0.4, 0.5) is 0 Å². The number of hydrogen-bond acceptors (Lipinski definition) is 3. The van der Waals surface area contributed by atoms with Crippen LogP contribution >= 0.6 is 11.6 Å². The van der Waals surface area contributed by atoms with Gasteiger partial charge in [-0.1, -0.05) is 18.5 Å². The van der Waals surface area contributed by atoms with E-state index in [1.54, 1.807) is 4.68 Å². The molecule has 0 aliphatic carbocycles. The smallest absolute Gasteiger partial charge is 0.143 e. The zero-order valence-corrected chi connectivity index (χ0v) is 12.7. The minimum absolute atomic E-state index is 0.170. The first-order chi connectivity index (χ1) is 9.00. The van der Waals surface area contributed by atoms with Crippen LogP contribution in [0.2, 0.25) is 5.15 Å². The third-order valence-corrected chi connectivity index (χ3v) is 4.91. The lowest BCUT2D eigenvalue weighted by atomic mass is 9.72. The van der Waals surface area contributed by atoms with Gasteiger partial charge in [-0.05, 0) is 39.3 Å². The summed E-state index contributed by atoms with van der Waals surface area (Å²) in [6, 6.07) is 0. The van der Waals surface area contributed by atoms with Crippen molar-refractivity contribution in [3.05, 3.63) is 16.4 Å². The molecule has 0 spiro atoms. The molecule has 0 atom stereocenters. The van der Waals surface area contributed by atoms with E-state index in [4.69, 9.17) is 11.6 Å². The van der Waals surface area contributed by atoms with Gasteiger partial charge in [0.15, 0.2) is 0 Å². The number of nitrogens with one attached hydrogen (secondary N) is 1. The van der Waals surface area contributed by atoms with Gasteiger partial charge in [0.05, 0.1) is 5.69 Å². The van der Waals surface area contributed by atoms with Gasteiger partial charge in [-0.2, -0.15) is 5.10 Å². The predicted molar refractivity (Wildman–Crippen MR) is 76.5 cm³/mol. The molecule has 1 aromatic rings. The quantitative estimate of drug-likeness (QED) is 0.922. The van der Waals surface area contributed by atoms with Gasteiger partial charge in [0.25, 0.3) is 0 Å². The fraction of sp³-hybridized carbons (Fsp3) is 0.714. The summed E-state index contributed by atoms with van der Waals surface area (Å²) < 4.78 is 1.64. The first-order valence-corrected chi connectivity index (χ1v) is 7.30. The molecule has 106 valence electrons. The molecule has 0 radical (unpaired) electrons. The molecule has 1 fully saturated rings. The van der Waals surface area contributed by atoms with Crippen LogP contribution in [-0.4, -0.2) is 28.7 Å². The van der Waals surface area contributed by atoms with Crippen LogP contribution in [0.1, 0.15) is 37.4 Å². The van der Waals surface area contributed by atoms with Gasteiger partial charge < -0.3 is 5.32 Å². The number of ketones is 1. The molecule has 2 rings (SSSR count). The van der Waals surface area contributed by atoms with Crippen LogP contribution < -0.4 is 5.32 Å². The van der Waals surface area contributed by atoms with Crippen molar-refractivity contribution in [1.29, 1.82) is 0 Å². The fourth-order valence-electron chi connectivity index (χ4n) is 2.96. The monoisotopic (exact) mass is 283 g/mol. The van der Waals surface area contributed by atoms with E-state index in [0.29, 0.717) is 17.4 Å². The lowest BCUT2D eigenvalue weighted by Gasteiger charge is -2.35. The molecular weight excluding hydrogens is 262 g/mol. The van der Waals surface area contributed by atoms with Crippen molar-refractivity contribution in [2.45, 2.75) is 39.5 Å². The van der Waals surface area contributed by atoms with E-state index >= 15 is 0 Å². The van der Waals surface area contributed by atoms with Gasteiger partial charge in [-0.15, -0.1) is 0 Å². The molecule has 1 N–H and O–H groups in total. The highest BCUT2D eigenvalue weighted by atomic mass is 35.5. The summed E-state index contributed by atoms with van der Waals surface area (Å²) in [7, 11) is 1.81. The SMILES string of the molecule is CCC1(C(=O)Cc2c(C)nn(C)c2Cl)CCNCC1. The van der Waals surface area contributed by atoms with Crippen molar-refractivity contribution in [3.8, 4) is 0 Å². The Kier molecular flexibility index (Phi) is 4.31. The predicted octanol–water partition coefficient (Wildman–Crippen LogP) is 2.27. The molecule has 19 heavy (non-hydrogen) atoms. The first-order valence-electron chi connectivity index (χ1n) is 6.92. The Balaban J connectivity index is 2.19. The van der Waals surface area contributed by atoms with E-state index in [0.717, 1.165) is 43.6 Å². The maximum absolute atomic E-state index is 12.7. The Morgan fingerprint density at radius 3 is 2.58 bits per heavy atom. The second-order valence-corrected chi connectivity index (χ2v) is 5.82. The zero-order valence-electron chi connectivity index (χ0n) is 11.9. The molecule has 2 heterocycles. The van der Waals surface area contributed by atoms with Gasteiger partial charge in [-0.3, -0.25) is 9.48 Å². The number of nitrogens with zero attached hydrogens (tertiary/aromatic N) is 2. The Labute approximate surface area is 119 Å². The minimum Gasteiger partial charge on any atom is -0.317 e. The van der Waals surface area contributed by atoms with E-state index in [-0.39, 0.29) is 5.41 Å². The third kappa shape index (κ3) is 2.70. The molecule has 1 aliphatic heterocycles. The molecule has 0 unspecified atom stereocenters. The summed E-state index contributed by atoms with van der Waals surface area (Å²) in [5.41, 5.74) is 1.58. The maximum Gasteiger partial charge on any atom is 0.143 e. The lowest BCUT2D eigenvalue weighted by Crippen LogP contribution is -2.42. The number of Topliss-reactive ketones (excluding diaryl/α,β-unsaturated/α-hetero) is 1. The Bertz CT molecular complexity index is 475. The molecule has 1 aliphatic rings. The second-order valence-electron chi connectivity index (χ2n) is 5.46. The molecule has 5 heteroatoms. The maximum atomic E-state index is 12.7. The average Bonchev–Trinajstić information content (AvgIpc) is 2.66. The average molecular weight is 284 g/mol. The zero-order chi connectivity index (χ0) is 14.0. The fourth-order valence-corrected chi connectivity index (χ4v) is 3.20. The number of rotatable bonds is 4. The standard InChI is InChI=1S/C14H22ClN3O/c1-4-14(5-7-16-8-6-14)12(19)9-11-10(2)17-18(3)13(11)15/h16H,4-9H2,1-3H3. The van der Waals surface area contributed by atoms with Crippen molar-refractivity contribution < 1.29 is 4.79 Å². The molecule has 0 bridgehead atoms. The largest absolute Gasteiger partial charge is 0.317 e. The number of aromatic nitrogens is 2. The van der Waals surface area contributed by atoms with Crippen LogP contribution in [0, 0.1) is 12.3 Å². The summed E-state index contributed by atoms with van der Waals surface area (Å²) in [4.78, 5) is 12.7. The van der Waals surface area contributed by atoms with E-state index in [1.165, 1.54) is 0 Å². The number of piperidine rings is 1. The van der Waals surface area contributed by atoms with Gasteiger partial charge >= 0.3 is 0 Å². The van der Waals surface area contributed by atoms with Crippen LogP contribution in [0.3, 0.4) is 0 Å². The highest BCUT2D eigenvalue weighted by molar-refractivity contribution is 6.30. The van der Waals surface area contributed by atoms with Crippen molar-refractivity contribution >= 4 is 17.4 Å². The van der Waals surface area contributed by atoms with Crippen molar-refractivity contribution in [3.63, 3.8) is 0 Å². The van der Waals surface area contributed by atoms with Gasteiger partial charge in [0.1, 0.15) is 10.9 Å². The van der Waals surface area contributed by atoms with Gasteiger partial charge in [-0.25, -0.2) is 0 Å². The molecule has 0 saturated carbocycles. The first kappa shape index (κ1) is 14.5. The minimum atomic E-state index is -0.170. The van der Waals surface area contributed by atoms with Gasteiger partial charge in [0.2, 0.25) is 0 Å². The van der Waals surface area contributed by atoms with Crippen LogP contribution in [0.5, 0.6) is 0 Å². The highest BCUT2D eigenvalue weighted by Crippen LogP contribution is 2.35. The molecule has 4 nitrogen and oxygen atoms in total. The topological polar surface area (TPSA) is 46.9 Å². The molecular formula is C14H22ClN3O. The molecule has 1 aromatic heterocycles. The van der Waals surface area contributed by atoms with Crippen LogP contribution in [0.15, 0.2) is 0 Å². The normalized spacial score (nSPS) is 18.5. The van der Waals surface area contributed by atoms with Crippen LogP contribution in [-0.2, 0) is 18.3 Å². The summed E-state index contributed by atoms with van der Waals surface area (Å²) in [5.74, 6) is 0.314.